The molecular formula is C31H24N4O3. The van der Waals surface area contributed by atoms with E-state index in [1.54, 1.807) is 42.6 Å². The van der Waals surface area contributed by atoms with Crippen molar-refractivity contribution in [2.45, 2.75) is 6.92 Å². The molecule has 0 heterocycles. The standard InChI is InChI=1S/C31H24N4O3/c1-20-14-16-23(17-15-20)33-29(36)26-12-6-7-13-28(26)34-30(37)31(38)35-32-19-27-24-10-4-2-8-21(24)18-22-9-3-5-11-25(22)27/h2-19H,1H3,(H,33,36)(H,34,37)(H,35,38). The number of amides is 3. The molecule has 3 amide bonds. The van der Waals surface area contributed by atoms with Crippen molar-refractivity contribution in [3.8, 4) is 0 Å². The minimum Gasteiger partial charge on any atom is -0.322 e. The van der Waals surface area contributed by atoms with Crippen LogP contribution in [0.15, 0.2) is 108 Å². The second-order valence-corrected chi connectivity index (χ2v) is 8.75. The number of anilines is 2. The van der Waals surface area contributed by atoms with Crippen molar-refractivity contribution in [2.24, 2.45) is 5.10 Å². The number of aryl methyl sites for hydroxylation is 1. The van der Waals surface area contributed by atoms with Crippen LogP contribution < -0.4 is 16.1 Å². The fourth-order valence-corrected chi connectivity index (χ4v) is 4.20. The summed E-state index contributed by atoms with van der Waals surface area (Å²) in [6.45, 7) is 1.95. The predicted octanol–water partition coefficient (Wildman–Crippen LogP) is 5.64. The minimum atomic E-state index is -0.959. The Morgan fingerprint density at radius 3 is 1.97 bits per heavy atom. The first kappa shape index (κ1) is 24.4. The van der Waals surface area contributed by atoms with E-state index < -0.39 is 17.7 Å². The van der Waals surface area contributed by atoms with Crippen molar-refractivity contribution in [3.63, 3.8) is 0 Å². The van der Waals surface area contributed by atoms with E-state index in [-0.39, 0.29) is 11.3 Å². The molecule has 186 valence electrons. The van der Waals surface area contributed by atoms with Gasteiger partial charge in [-0.15, -0.1) is 0 Å². The van der Waals surface area contributed by atoms with Crippen LogP contribution in [-0.2, 0) is 9.59 Å². The second kappa shape index (κ2) is 10.8. The third-order valence-electron chi connectivity index (χ3n) is 6.11. The van der Waals surface area contributed by atoms with E-state index in [1.807, 2.05) is 67.6 Å². The largest absolute Gasteiger partial charge is 0.329 e. The average Bonchev–Trinajstić information content (AvgIpc) is 2.94. The number of carbonyl (C=O) groups is 3. The fraction of sp³-hybridized carbons (Fsp3) is 0.0323. The molecule has 0 saturated carbocycles. The van der Waals surface area contributed by atoms with Crippen LogP contribution in [0.3, 0.4) is 0 Å². The summed E-state index contributed by atoms with van der Waals surface area (Å²) < 4.78 is 0. The van der Waals surface area contributed by atoms with E-state index in [0.717, 1.165) is 32.7 Å². The maximum Gasteiger partial charge on any atom is 0.329 e. The number of benzene rings is 5. The van der Waals surface area contributed by atoms with Gasteiger partial charge in [-0.05, 0) is 58.8 Å². The van der Waals surface area contributed by atoms with Gasteiger partial charge in [-0.3, -0.25) is 14.4 Å². The highest BCUT2D eigenvalue weighted by Gasteiger charge is 2.18. The van der Waals surface area contributed by atoms with Gasteiger partial charge in [0.2, 0.25) is 0 Å². The van der Waals surface area contributed by atoms with Crippen LogP contribution in [0.2, 0.25) is 0 Å². The summed E-state index contributed by atoms with van der Waals surface area (Å²) in [7, 11) is 0. The number of hydrogen-bond donors (Lipinski definition) is 3. The van der Waals surface area contributed by atoms with Gasteiger partial charge in [-0.2, -0.15) is 5.10 Å². The molecule has 0 radical (unpaired) electrons. The van der Waals surface area contributed by atoms with Crippen LogP contribution in [0.1, 0.15) is 21.5 Å². The lowest BCUT2D eigenvalue weighted by Gasteiger charge is -2.11. The molecule has 5 aromatic carbocycles. The number of para-hydroxylation sites is 1. The number of carbonyl (C=O) groups excluding carboxylic acids is 3. The lowest BCUT2D eigenvalue weighted by molar-refractivity contribution is -0.136. The molecule has 5 aromatic rings. The zero-order valence-corrected chi connectivity index (χ0v) is 20.6. The maximum absolute atomic E-state index is 12.8. The average molecular weight is 501 g/mol. The second-order valence-electron chi connectivity index (χ2n) is 8.75. The highest BCUT2D eigenvalue weighted by molar-refractivity contribution is 6.40. The van der Waals surface area contributed by atoms with Crippen LogP contribution in [0.4, 0.5) is 11.4 Å². The lowest BCUT2D eigenvalue weighted by atomic mass is 9.97. The molecule has 0 unspecified atom stereocenters. The van der Waals surface area contributed by atoms with Crippen LogP contribution >= 0.6 is 0 Å². The summed E-state index contributed by atoms with van der Waals surface area (Å²) in [6, 6.07) is 31.7. The highest BCUT2D eigenvalue weighted by atomic mass is 16.2. The molecule has 7 heteroatoms. The van der Waals surface area contributed by atoms with Crippen molar-refractivity contribution in [3.05, 3.63) is 120 Å². The summed E-state index contributed by atoms with van der Waals surface area (Å²) >= 11 is 0. The summed E-state index contributed by atoms with van der Waals surface area (Å²) in [5, 5.41) is 13.4. The minimum absolute atomic E-state index is 0.210. The van der Waals surface area contributed by atoms with Crippen LogP contribution in [0, 0.1) is 6.92 Å². The Hall–Kier alpha value is -5.30. The molecule has 0 aromatic heterocycles. The molecule has 0 saturated heterocycles. The Kier molecular flexibility index (Phi) is 6.91. The van der Waals surface area contributed by atoms with Crippen molar-refractivity contribution < 1.29 is 14.4 Å². The fourth-order valence-electron chi connectivity index (χ4n) is 4.20. The Morgan fingerprint density at radius 2 is 1.29 bits per heavy atom. The Morgan fingerprint density at radius 1 is 0.684 bits per heavy atom. The van der Waals surface area contributed by atoms with E-state index in [9.17, 15) is 14.4 Å². The number of fused-ring (bicyclic) bond motifs is 2. The molecule has 38 heavy (non-hydrogen) atoms. The number of hydrazone groups is 1. The van der Waals surface area contributed by atoms with E-state index in [2.05, 4.69) is 27.2 Å². The first-order valence-corrected chi connectivity index (χ1v) is 12.0. The molecule has 5 rings (SSSR count). The molecular weight excluding hydrogens is 476 g/mol. The molecule has 7 nitrogen and oxygen atoms in total. The normalized spacial score (nSPS) is 11.0. The van der Waals surface area contributed by atoms with E-state index in [4.69, 9.17) is 0 Å². The predicted molar refractivity (Wildman–Crippen MR) is 151 cm³/mol. The molecule has 0 aliphatic rings. The first-order valence-electron chi connectivity index (χ1n) is 12.0. The van der Waals surface area contributed by atoms with Crippen molar-refractivity contribution in [2.75, 3.05) is 10.6 Å². The molecule has 0 aliphatic heterocycles. The Labute approximate surface area is 219 Å². The van der Waals surface area contributed by atoms with E-state index in [1.165, 1.54) is 0 Å². The number of rotatable bonds is 5. The molecule has 0 fully saturated rings. The van der Waals surface area contributed by atoms with Gasteiger partial charge >= 0.3 is 11.8 Å². The lowest BCUT2D eigenvalue weighted by Crippen LogP contribution is -2.33. The monoisotopic (exact) mass is 500 g/mol. The van der Waals surface area contributed by atoms with Gasteiger partial charge in [-0.1, -0.05) is 78.4 Å². The van der Waals surface area contributed by atoms with Gasteiger partial charge < -0.3 is 10.6 Å². The summed E-state index contributed by atoms with van der Waals surface area (Å²) in [6.07, 6.45) is 1.54. The molecule has 3 N–H and O–H groups in total. The third-order valence-corrected chi connectivity index (χ3v) is 6.11. The Bertz CT molecular complexity index is 1650. The number of hydrogen-bond acceptors (Lipinski definition) is 4. The van der Waals surface area contributed by atoms with Crippen LogP contribution in [0.5, 0.6) is 0 Å². The van der Waals surface area contributed by atoms with Gasteiger partial charge in [0.25, 0.3) is 5.91 Å². The van der Waals surface area contributed by atoms with Gasteiger partial charge in [0.15, 0.2) is 0 Å². The topological polar surface area (TPSA) is 99.7 Å². The van der Waals surface area contributed by atoms with E-state index >= 15 is 0 Å². The van der Waals surface area contributed by atoms with E-state index in [0.29, 0.717) is 5.69 Å². The van der Waals surface area contributed by atoms with Crippen LogP contribution in [-0.4, -0.2) is 23.9 Å². The van der Waals surface area contributed by atoms with Gasteiger partial charge in [0.1, 0.15) is 0 Å². The van der Waals surface area contributed by atoms with Crippen molar-refractivity contribution in [1.82, 2.24) is 5.43 Å². The Balaban J connectivity index is 1.30. The van der Waals surface area contributed by atoms with Crippen molar-refractivity contribution >= 4 is 56.9 Å². The molecule has 0 bridgehead atoms. The quantitative estimate of drug-likeness (QED) is 0.126. The highest BCUT2D eigenvalue weighted by Crippen LogP contribution is 2.27. The maximum atomic E-state index is 12.8. The smallest absolute Gasteiger partial charge is 0.322 e. The summed E-state index contributed by atoms with van der Waals surface area (Å²) in [4.78, 5) is 38.0. The SMILES string of the molecule is Cc1ccc(NC(=O)c2ccccc2NC(=O)C(=O)NN=Cc2c3ccccc3cc3ccccc23)cc1. The van der Waals surface area contributed by atoms with Gasteiger partial charge in [0.05, 0.1) is 17.5 Å². The summed E-state index contributed by atoms with van der Waals surface area (Å²) in [5.41, 5.74) is 5.24. The number of nitrogens with zero attached hydrogens (tertiary/aromatic N) is 1. The molecule has 0 aliphatic carbocycles. The van der Waals surface area contributed by atoms with Crippen LogP contribution in [0.25, 0.3) is 21.5 Å². The van der Waals surface area contributed by atoms with Gasteiger partial charge in [-0.25, -0.2) is 5.43 Å². The first-order chi connectivity index (χ1) is 18.5. The molecule has 0 atom stereocenters. The number of nitrogens with one attached hydrogen (secondary N) is 3. The molecule has 0 spiro atoms. The summed E-state index contributed by atoms with van der Waals surface area (Å²) in [5.74, 6) is -2.31. The third kappa shape index (κ3) is 5.27. The zero-order chi connectivity index (χ0) is 26.5. The van der Waals surface area contributed by atoms with Gasteiger partial charge in [0, 0.05) is 11.3 Å². The van der Waals surface area contributed by atoms with Crippen molar-refractivity contribution in [1.29, 1.82) is 0 Å². The zero-order valence-electron chi connectivity index (χ0n) is 20.6.